The monoisotopic (exact) mass is 151 g/mol. The molecule has 0 rings (SSSR count). The van der Waals surface area contributed by atoms with Crippen LogP contribution in [0, 0.1) is 0 Å². The second kappa shape index (κ2) is 7.26. The molecule has 0 aromatic rings. The first kappa shape index (κ1) is 10.2. The molecule has 0 bridgehead atoms. The van der Waals surface area contributed by atoms with Gasteiger partial charge >= 0.3 is 0 Å². The van der Waals surface area contributed by atoms with Crippen molar-refractivity contribution in [2.75, 3.05) is 0 Å². The van der Waals surface area contributed by atoms with Crippen molar-refractivity contribution < 1.29 is 0 Å². The fraction of sp³-hybridized carbons (Fsp3) is 0.500. The molecule has 0 saturated carbocycles. The second-order valence-electron chi connectivity index (χ2n) is 2.45. The van der Waals surface area contributed by atoms with Crippen molar-refractivity contribution in [3.05, 3.63) is 23.9 Å². The van der Waals surface area contributed by atoms with E-state index in [-0.39, 0.29) is 0 Å². The molecular formula is C10H17N. The summed E-state index contributed by atoms with van der Waals surface area (Å²) in [7, 11) is 0. The van der Waals surface area contributed by atoms with Gasteiger partial charge in [0, 0.05) is 6.20 Å². The Bertz CT molecular complexity index is 154. The number of hydrogen-bond donors (Lipinski definition) is 0. The molecule has 0 N–H and O–H groups in total. The van der Waals surface area contributed by atoms with Crippen molar-refractivity contribution in [2.45, 2.75) is 33.1 Å². The largest absolute Gasteiger partial charge is 0.273 e. The van der Waals surface area contributed by atoms with E-state index in [1.165, 1.54) is 18.4 Å². The Morgan fingerprint density at radius 2 is 2.18 bits per heavy atom. The highest BCUT2D eigenvalue weighted by Gasteiger charge is 1.88. The lowest BCUT2D eigenvalue weighted by Crippen LogP contribution is -1.78. The Kier molecular flexibility index (Phi) is 6.70. The molecule has 0 aromatic carbocycles. The van der Waals surface area contributed by atoms with Crippen LogP contribution in [0.1, 0.15) is 33.1 Å². The van der Waals surface area contributed by atoms with Gasteiger partial charge in [0.05, 0.1) is 0 Å². The maximum Gasteiger partial charge on any atom is 0.0260 e. The van der Waals surface area contributed by atoms with Gasteiger partial charge in [-0.3, -0.25) is 4.99 Å². The summed E-state index contributed by atoms with van der Waals surface area (Å²) >= 11 is 0. The molecule has 0 spiro atoms. The summed E-state index contributed by atoms with van der Waals surface area (Å²) in [4.78, 5) is 3.63. The Morgan fingerprint density at radius 3 is 2.64 bits per heavy atom. The van der Waals surface area contributed by atoms with Gasteiger partial charge < -0.3 is 0 Å². The van der Waals surface area contributed by atoms with Crippen molar-refractivity contribution in [3.63, 3.8) is 0 Å². The topological polar surface area (TPSA) is 12.4 Å². The quantitative estimate of drug-likeness (QED) is 0.422. The molecular weight excluding hydrogens is 134 g/mol. The predicted molar refractivity (Wildman–Crippen MR) is 52.0 cm³/mol. The van der Waals surface area contributed by atoms with E-state index in [1.807, 2.05) is 6.08 Å². The Morgan fingerprint density at radius 1 is 1.45 bits per heavy atom. The summed E-state index contributed by atoms with van der Waals surface area (Å²) in [5, 5.41) is 0. The van der Waals surface area contributed by atoms with Gasteiger partial charge in [0.1, 0.15) is 0 Å². The second-order valence-corrected chi connectivity index (χ2v) is 2.45. The fourth-order valence-electron chi connectivity index (χ4n) is 0.939. The average Bonchev–Trinajstić information content (AvgIpc) is 2.03. The Balaban J connectivity index is 3.88. The van der Waals surface area contributed by atoms with Crippen molar-refractivity contribution >= 4 is 6.72 Å². The Hall–Kier alpha value is -0.850. The molecule has 0 heterocycles. The van der Waals surface area contributed by atoms with Crippen LogP contribution in [-0.4, -0.2) is 6.72 Å². The van der Waals surface area contributed by atoms with Gasteiger partial charge in [-0.1, -0.05) is 31.9 Å². The predicted octanol–water partition coefficient (Wildman–Crippen LogP) is 3.34. The number of hydrogen-bond acceptors (Lipinski definition) is 1. The van der Waals surface area contributed by atoms with Gasteiger partial charge in [0.25, 0.3) is 0 Å². The third-order valence-electron chi connectivity index (χ3n) is 1.55. The van der Waals surface area contributed by atoms with Gasteiger partial charge in [0.2, 0.25) is 0 Å². The molecule has 0 unspecified atom stereocenters. The summed E-state index contributed by atoms with van der Waals surface area (Å²) < 4.78 is 0. The minimum atomic E-state index is 1.13. The molecule has 0 aliphatic heterocycles. The normalized spacial score (nSPS) is 12.4. The van der Waals surface area contributed by atoms with E-state index in [4.69, 9.17) is 0 Å². The third-order valence-corrected chi connectivity index (χ3v) is 1.55. The van der Waals surface area contributed by atoms with Crippen LogP contribution in [-0.2, 0) is 0 Å². The Labute approximate surface area is 69.5 Å². The molecule has 62 valence electrons. The molecule has 0 fully saturated rings. The lowest BCUT2D eigenvalue weighted by atomic mass is 10.1. The van der Waals surface area contributed by atoms with Crippen molar-refractivity contribution in [1.29, 1.82) is 0 Å². The van der Waals surface area contributed by atoms with Crippen molar-refractivity contribution in [3.8, 4) is 0 Å². The van der Waals surface area contributed by atoms with Crippen LogP contribution < -0.4 is 0 Å². The molecule has 11 heavy (non-hydrogen) atoms. The molecule has 0 aliphatic rings. The smallest absolute Gasteiger partial charge is 0.0260 e. The lowest BCUT2D eigenvalue weighted by Gasteiger charge is -1.98. The van der Waals surface area contributed by atoms with Crippen LogP contribution in [0.2, 0.25) is 0 Å². The maximum atomic E-state index is 3.63. The van der Waals surface area contributed by atoms with Gasteiger partial charge in [-0.2, -0.15) is 0 Å². The standard InChI is InChI=1S/C10H17N/c1-4-7-10(5-2)8-6-9-11-3/h6,8-9H,3-5,7H2,1-2H3/b9-6-,10-8+. The molecule has 1 heteroatoms. The summed E-state index contributed by atoms with van der Waals surface area (Å²) in [6, 6.07) is 0. The minimum Gasteiger partial charge on any atom is -0.273 e. The van der Waals surface area contributed by atoms with E-state index in [2.05, 4.69) is 31.6 Å². The SMILES string of the molecule is C=N/C=C\C=C(/CC)CCC. The van der Waals surface area contributed by atoms with Gasteiger partial charge in [-0.05, 0) is 25.6 Å². The zero-order chi connectivity index (χ0) is 8.53. The van der Waals surface area contributed by atoms with Crippen LogP contribution in [0.15, 0.2) is 28.9 Å². The van der Waals surface area contributed by atoms with Gasteiger partial charge in [0.15, 0.2) is 0 Å². The molecule has 0 radical (unpaired) electrons. The zero-order valence-electron chi connectivity index (χ0n) is 7.51. The first-order valence-electron chi connectivity index (χ1n) is 4.15. The van der Waals surface area contributed by atoms with Crippen LogP contribution in [0.4, 0.5) is 0 Å². The average molecular weight is 151 g/mol. The van der Waals surface area contributed by atoms with E-state index in [0.29, 0.717) is 0 Å². The summed E-state index contributed by atoms with van der Waals surface area (Å²) in [6.07, 6.45) is 9.33. The minimum absolute atomic E-state index is 1.13. The highest BCUT2D eigenvalue weighted by molar-refractivity contribution is 5.26. The van der Waals surface area contributed by atoms with E-state index < -0.39 is 0 Å². The highest BCUT2D eigenvalue weighted by atomic mass is 14.6. The summed E-state index contributed by atoms with van der Waals surface area (Å²) in [5.74, 6) is 0. The molecule has 0 amide bonds. The number of allylic oxidation sites excluding steroid dienone is 3. The third kappa shape index (κ3) is 5.59. The van der Waals surface area contributed by atoms with E-state index >= 15 is 0 Å². The van der Waals surface area contributed by atoms with Crippen LogP contribution in [0.5, 0.6) is 0 Å². The fourth-order valence-corrected chi connectivity index (χ4v) is 0.939. The highest BCUT2D eigenvalue weighted by Crippen LogP contribution is 2.08. The zero-order valence-corrected chi connectivity index (χ0v) is 7.51. The first-order chi connectivity index (χ1) is 5.35. The van der Waals surface area contributed by atoms with Crippen molar-refractivity contribution in [1.82, 2.24) is 0 Å². The maximum absolute atomic E-state index is 3.63. The first-order valence-corrected chi connectivity index (χ1v) is 4.15. The number of aliphatic imine (C=N–C) groups is 1. The van der Waals surface area contributed by atoms with Crippen molar-refractivity contribution in [2.24, 2.45) is 4.99 Å². The van der Waals surface area contributed by atoms with E-state index in [1.54, 1.807) is 6.20 Å². The van der Waals surface area contributed by atoms with Crippen LogP contribution >= 0.6 is 0 Å². The number of nitrogens with zero attached hydrogens (tertiary/aromatic N) is 1. The lowest BCUT2D eigenvalue weighted by molar-refractivity contribution is 0.859. The van der Waals surface area contributed by atoms with E-state index in [9.17, 15) is 0 Å². The molecule has 0 aliphatic carbocycles. The van der Waals surface area contributed by atoms with Gasteiger partial charge in [-0.15, -0.1) is 0 Å². The molecule has 0 saturated heterocycles. The summed E-state index contributed by atoms with van der Waals surface area (Å²) in [5.41, 5.74) is 1.48. The molecule has 0 atom stereocenters. The van der Waals surface area contributed by atoms with Crippen LogP contribution in [0.25, 0.3) is 0 Å². The van der Waals surface area contributed by atoms with Gasteiger partial charge in [-0.25, -0.2) is 0 Å². The van der Waals surface area contributed by atoms with E-state index in [0.717, 1.165) is 6.42 Å². The number of rotatable bonds is 5. The summed E-state index contributed by atoms with van der Waals surface area (Å²) in [6.45, 7) is 7.73. The van der Waals surface area contributed by atoms with Crippen LogP contribution in [0.3, 0.4) is 0 Å². The molecule has 1 nitrogen and oxygen atoms in total. The molecule has 0 aromatic heterocycles.